The fourth-order valence-corrected chi connectivity index (χ4v) is 9.06. The molecule has 0 heterocycles. The maximum atomic E-state index is 12.8. The third kappa shape index (κ3) is 58.1. The van der Waals surface area contributed by atoms with Crippen molar-refractivity contribution in [2.45, 2.75) is 335 Å². The Bertz CT molecular complexity index is 1230. The van der Waals surface area contributed by atoms with Crippen molar-refractivity contribution in [1.29, 1.82) is 0 Å². The fourth-order valence-electron chi connectivity index (χ4n) is 9.06. The van der Waals surface area contributed by atoms with Crippen LogP contribution in [-0.4, -0.2) is 37.2 Å². The normalized spacial score (nSPS) is 12.3. The van der Waals surface area contributed by atoms with Gasteiger partial charge in [0.1, 0.15) is 13.2 Å². The highest BCUT2D eigenvalue weighted by Crippen LogP contribution is 2.17. The van der Waals surface area contributed by atoms with Crippen LogP contribution in [0.5, 0.6) is 0 Å². The smallest absolute Gasteiger partial charge is 0.306 e. The molecule has 0 aliphatic rings. The van der Waals surface area contributed by atoms with Gasteiger partial charge in [0.25, 0.3) is 0 Å². The van der Waals surface area contributed by atoms with Gasteiger partial charge in [-0.1, -0.05) is 262 Å². The van der Waals surface area contributed by atoms with Crippen LogP contribution in [0, 0.1) is 0 Å². The molecule has 0 bridgehead atoms. The summed E-state index contributed by atoms with van der Waals surface area (Å²) < 4.78 is 16.9. The van der Waals surface area contributed by atoms with E-state index < -0.39 is 6.10 Å². The molecule has 0 N–H and O–H groups in total. The second-order valence-electron chi connectivity index (χ2n) is 21.0. The van der Waals surface area contributed by atoms with Crippen LogP contribution < -0.4 is 0 Å². The summed E-state index contributed by atoms with van der Waals surface area (Å²) in [6, 6.07) is 0. The first kappa shape index (κ1) is 68.4. The molecule has 0 saturated heterocycles. The Morgan fingerprint density at radius 1 is 0.282 bits per heavy atom. The Balaban J connectivity index is 4.17. The Morgan fingerprint density at radius 2 is 0.535 bits per heavy atom. The van der Waals surface area contributed by atoms with Crippen LogP contribution >= 0.6 is 0 Å². The molecule has 414 valence electrons. The molecule has 0 radical (unpaired) electrons. The molecule has 0 aromatic heterocycles. The number of hydrogen-bond donors (Lipinski definition) is 0. The topological polar surface area (TPSA) is 78.9 Å². The number of unbranched alkanes of at least 4 members (excludes halogenated alkanes) is 38. The van der Waals surface area contributed by atoms with Gasteiger partial charge in [-0.25, -0.2) is 0 Å². The van der Waals surface area contributed by atoms with Gasteiger partial charge >= 0.3 is 17.9 Å². The minimum absolute atomic E-state index is 0.0767. The predicted molar refractivity (Wildman–Crippen MR) is 307 cm³/mol. The zero-order valence-corrected chi connectivity index (χ0v) is 47.5. The molecule has 6 heteroatoms. The van der Waals surface area contributed by atoms with E-state index in [0.29, 0.717) is 19.3 Å². The van der Waals surface area contributed by atoms with Gasteiger partial charge in [-0.05, 0) is 96.3 Å². The van der Waals surface area contributed by atoms with Crippen LogP contribution in [0.3, 0.4) is 0 Å². The van der Waals surface area contributed by atoms with Gasteiger partial charge in [-0.3, -0.25) is 14.4 Å². The highest BCUT2D eigenvalue weighted by molar-refractivity contribution is 5.71. The van der Waals surface area contributed by atoms with Crippen molar-refractivity contribution < 1.29 is 28.6 Å². The number of esters is 3. The molecule has 1 unspecified atom stereocenters. The molecule has 0 aliphatic heterocycles. The van der Waals surface area contributed by atoms with Crippen molar-refractivity contribution in [1.82, 2.24) is 0 Å². The quantitative estimate of drug-likeness (QED) is 0.0261. The molecule has 0 fully saturated rings. The molecule has 6 nitrogen and oxygen atoms in total. The minimum Gasteiger partial charge on any atom is -0.462 e. The molecule has 71 heavy (non-hydrogen) atoms. The molecule has 0 spiro atoms. The van der Waals surface area contributed by atoms with E-state index in [9.17, 15) is 14.4 Å². The number of ether oxygens (including phenoxy) is 3. The third-order valence-corrected chi connectivity index (χ3v) is 13.8. The van der Waals surface area contributed by atoms with Crippen molar-refractivity contribution >= 4 is 17.9 Å². The van der Waals surface area contributed by atoms with Crippen molar-refractivity contribution in [3.8, 4) is 0 Å². The van der Waals surface area contributed by atoms with E-state index in [1.54, 1.807) is 0 Å². The lowest BCUT2D eigenvalue weighted by Crippen LogP contribution is -2.30. The number of rotatable bonds is 57. The standard InChI is InChI=1S/C65H118O6/c1-4-7-10-13-16-19-22-24-26-28-29-30-31-32-33-34-35-36-37-38-40-41-43-46-49-52-55-58-64(67)70-61-62(60-69-63(66)57-54-51-48-45-21-18-15-12-9-6-3)71-65(68)59-56-53-50-47-44-42-39-27-25-23-20-17-14-11-8-5-2/h12,15,22,24,27-29,39,62H,4-11,13-14,16-21,23,25-26,30-38,40-61H2,1-3H3/b15-12-,24-22-,29-28-,39-27-. The number of hydrogen-bond acceptors (Lipinski definition) is 6. The van der Waals surface area contributed by atoms with Crippen LogP contribution in [0.2, 0.25) is 0 Å². The molecule has 0 amide bonds. The van der Waals surface area contributed by atoms with Crippen LogP contribution in [-0.2, 0) is 28.6 Å². The first-order valence-corrected chi connectivity index (χ1v) is 31.1. The monoisotopic (exact) mass is 995 g/mol. The summed E-state index contributed by atoms with van der Waals surface area (Å²) in [5.41, 5.74) is 0. The molecule has 0 rings (SSSR count). The van der Waals surface area contributed by atoms with Crippen molar-refractivity contribution in [3.05, 3.63) is 48.6 Å². The van der Waals surface area contributed by atoms with Gasteiger partial charge in [0.05, 0.1) is 0 Å². The Kier molecular flexibility index (Phi) is 57.7. The van der Waals surface area contributed by atoms with Crippen molar-refractivity contribution in [2.24, 2.45) is 0 Å². The summed E-state index contributed by atoms with van der Waals surface area (Å²) >= 11 is 0. The number of carbonyl (C=O) groups is 3. The lowest BCUT2D eigenvalue weighted by molar-refractivity contribution is -0.167. The zero-order valence-electron chi connectivity index (χ0n) is 47.5. The van der Waals surface area contributed by atoms with Crippen LogP contribution in [0.4, 0.5) is 0 Å². The molecular weight excluding hydrogens is 877 g/mol. The predicted octanol–water partition coefficient (Wildman–Crippen LogP) is 21.0. The van der Waals surface area contributed by atoms with Gasteiger partial charge in [-0.15, -0.1) is 0 Å². The van der Waals surface area contributed by atoms with E-state index >= 15 is 0 Å². The maximum absolute atomic E-state index is 12.8. The summed E-state index contributed by atoms with van der Waals surface area (Å²) in [5, 5.41) is 0. The van der Waals surface area contributed by atoms with E-state index in [1.807, 2.05) is 0 Å². The van der Waals surface area contributed by atoms with E-state index in [-0.39, 0.29) is 31.1 Å². The van der Waals surface area contributed by atoms with Gasteiger partial charge in [0.15, 0.2) is 6.10 Å². The number of allylic oxidation sites excluding steroid dienone is 8. The SMILES string of the molecule is CCC/C=C\CCCCCCCC(=O)OCC(COC(=O)CCCCCCCCCCCCCCCCC/C=C\C/C=C\CCCCCCC)OC(=O)CCCCCCC/C=C\CCCCCCCCC. The molecular formula is C65H118O6. The fraction of sp³-hybridized carbons (Fsp3) is 0.831. The van der Waals surface area contributed by atoms with E-state index in [4.69, 9.17) is 14.2 Å². The first-order valence-electron chi connectivity index (χ1n) is 31.1. The van der Waals surface area contributed by atoms with E-state index in [2.05, 4.69) is 69.4 Å². The largest absolute Gasteiger partial charge is 0.462 e. The Morgan fingerprint density at radius 3 is 0.845 bits per heavy atom. The number of carbonyl (C=O) groups excluding carboxylic acids is 3. The van der Waals surface area contributed by atoms with Gasteiger partial charge in [0, 0.05) is 19.3 Å². The lowest BCUT2D eigenvalue weighted by atomic mass is 10.0. The van der Waals surface area contributed by atoms with Gasteiger partial charge < -0.3 is 14.2 Å². The maximum Gasteiger partial charge on any atom is 0.306 e. The van der Waals surface area contributed by atoms with Gasteiger partial charge in [-0.2, -0.15) is 0 Å². The van der Waals surface area contributed by atoms with E-state index in [0.717, 1.165) is 83.5 Å². The molecule has 1 atom stereocenters. The molecule has 0 aliphatic carbocycles. The Hall–Kier alpha value is -2.63. The van der Waals surface area contributed by atoms with Crippen molar-refractivity contribution in [2.75, 3.05) is 13.2 Å². The summed E-state index contributed by atoms with van der Waals surface area (Å²) in [4.78, 5) is 38.1. The average Bonchev–Trinajstić information content (AvgIpc) is 3.37. The summed E-state index contributed by atoms with van der Waals surface area (Å²) in [6.45, 7) is 6.59. The molecule has 0 aromatic carbocycles. The molecule has 0 saturated carbocycles. The zero-order chi connectivity index (χ0) is 51.4. The van der Waals surface area contributed by atoms with Crippen molar-refractivity contribution in [3.63, 3.8) is 0 Å². The second kappa shape index (κ2) is 59.9. The summed E-state index contributed by atoms with van der Waals surface area (Å²) in [7, 11) is 0. The second-order valence-corrected chi connectivity index (χ2v) is 21.0. The van der Waals surface area contributed by atoms with Gasteiger partial charge in [0.2, 0.25) is 0 Å². The highest BCUT2D eigenvalue weighted by atomic mass is 16.6. The van der Waals surface area contributed by atoms with E-state index in [1.165, 1.54) is 205 Å². The third-order valence-electron chi connectivity index (χ3n) is 13.8. The average molecular weight is 996 g/mol. The van der Waals surface area contributed by atoms with Crippen LogP contribution in [0.1, 0.15) is 329 Å². The highest BCUT2D eigenvalue weighted by Gasteiger charge is 2.19. The summed E-state index contributed by atoms with van der Waals surface area (Å²) in [6.07, 6.45) is 74.1. The van der Waals surface area contributed by atoms with Crippen LogP contribution in [0.25, 0.3) is 0 Å². The Labute approximate surface area is 441 Å². The minimum atomic E-state index is -0.779. The van der Waals surface area contributed by atoms with Crippen LogP contribution in [0.15, 0.2) is 48.6 Å². The lowest BCUT2D eigenvalue weighted by Gasteiger charge is -2.18. The first-order chi connectivity index (χ1) is 35.0. The summed E-state index contributed by atoms with van der Waals surface area (Å²) in [5.74, 6) is -0.881. The molecule has 0 aromatic rings.